The van der Waals surface area contributed by atoms with E-state index < -0.39 is 11.7 Å². The zero-order chi connectivity index (χ0) is 14.8. The summed E-state index contributed by atoms with van der Waals surface area (Å²) < 4.78 is 39.3. The number of hydrogen-bond acceptors (Lipinski definition) is 1. The molecule has 0 aliphatic carbocycles. The standard InChI is InChI=1S/C14H8ClF3OSe/c15-11-2-4-12(5-3-11)20-13-6-1-10(14(16,17)18)7-9(13)8-19/h1-8H. The van der Waals surface area contributed by atoms with E-state index in [-0.39, 0.29) is 20.5 Å². The van der Waals surface area contributed by atoms with Crippen LogP contribution in [0.25, 0.3) is 0 Å². The van der Waals surface area contributed by atoms with E-state index >= 15 is 0 Å². The van der Waals surface area contributed by atoms with E-state index in [1.807, 2.05) is 0 Å². The van der Waals surface area contributed by atoms with Crippen LogP contribution in [0.1, 0.15) is 15.9 Å². The molecule has 0 fully saturated rings. The molecule has 0 aliphatic heterocycles. The molecule has 0 bridgehead atoms. The molecule has 0 spiro atoms. The summed E-state index contributed by atoms with van der Waals surface area (Å²) in [7, 11) is 0. The Morgan fingerprint density at radius 2 is 1.70 bits per heavy atom. The van der Waals surface area contributed by atoms with Crippen LogP contribution in [-0.4, -0.2) is 21.2 Å². The van der Waals surface area contributed by atoms with Crippen molar-refractivity contribution in [1.82, 2.24) is 0 Å². The number of alkyl halides is 3. The van der Waals surface area contributed by atoms with Crippen molar-refractivity contribution in [2.45, 2.75) is 6.18 Å². The van der Waals surface area contributed by atoms with Gasteiger partial charge in [-0.3, -0.25) is 0 Å². The molecule has 1 nitrogen and oxygen atoms in total. The van der Waals surface area contributed by atoms with Gasteiger partial charge in [-0.1, -0.05) is 0 Å². The molecule has 0 radical (unpaired) electrons. The summed E-state index contributed by atoms with van der Waals surface area (Å²) in [5, 5.41) is 0.590. The molecule has 2 aromatic carbocycles. The van der Waals surface area contributed by atoms with Gasteiger partial charge in [0, 0.05) is 0 Å². The molecule has 2 aromatic rings. The predicted octanol–water partition coefficient (Wildman–Crippen LogP) is 2.83. The number of aldehydes is 1. The Kier molecular flexibility index (Phi) is 4.53. The Bertz CT molecular complexity index is 623. The molecular weight excluding hydrogens is 356 g/mol. The minimum atomic E-state index is -4.44. The number of carbonyl (C=O) groups excluding carboxylic acids is 1. The van der Waals surface area contributed by atoms with E-state index in [4.69, 9.17) is 11.6 Å². The number of carbonyl (C=O) groups is 1. The van der Waals surface area contributed by atoms with Crippen molar-refractivity contribution in [2.75, 3.05) is 0 Å². The maximum absolute atomic E-state index is 12.6. The fraction of sp³-hybridized carbons (Fsp3) is 0.0714. The van der Waals surface area contributed by atoms with Crippen molar-refractivity contribution in [1.29, 1.82) is 0 Å². The van der Waals surface area contributed by atoms with E-state index in [1.165, 1.54) is 6.07 Å². The van der Waals surface area contributed by atoms with Crippen LogP contribution in [0.2, 0.25) is 5.02 Å². The van der Waals surface area contributed by atoms with Gasteiger partial charge >= 0.3 is 125 Å². The first kappa shape index (κ1) is 15.1. The maximum atomic E-state index is 12.6. The van der Waals surface area contributed by atoms with Gasteiger partial charge in [0.25, 0.3) is 0 Å². The van der Waals surface area contributed by atoms with Crippen LogP contribution in [0.3, 0.4) is 0 Å². The van der Waals surface area contributed by atoms with Crippen molar-refractivity contribution < 1.29 is 18.0 Å². The van der Waals surface area contributed by atoms with Gasteiger partial charge in [-0.2, -0.15) is 0 Å². The third-order valence-electron chi connectivity index (χ3n) is 2.51. The molecule has 0 heterocycles. The average Bonchev–Trinajstić information content (AvgIpc) is 2.40. The van der Waals surface area contributed by atoms with E-state index in [0.29, 0.717) is 15.8 Å². The van der Waals surface area contributed by atoms with E-state index in [1.54, 1.807) is 24.3 Å². The summed E-state index contributed by atoms with van der Waals surface area (Å²) in [6, 6.07) is 10.3. The second-order valence-corrected chi connectivity index (χ2v) is 6.70. The Labute approximate surface area is 124 Å². The third kappa shape index (κ3) is 3.63. The zero-order valence-electron chi connectivity index (χ0n) is 9.95. The Balaban J connectivity index is 2.32. The number of benzene rings is 2. The van der Waals surface area contributed by atoms with Crippen LogP contribution in [0.4, 0.5) is 13.2 Å². The zero-order valence-corrected chi connectivity index (χ0v) is 12.4. The van der Waals surface area contributed by atoms with Gasteiger partial charge in [0.2, 0.25) is 0 Å². The van der Waals surface area contributed by atoms with Gasteiger partial charge in [-0.25, -0.2) is 0 Å². The number of halogens is 4. The predicted molar refractivity (Wildman–Crippen MR) is 73.3 cm³/mol. The molecule has 0 amide bonds. The average molecular weight is 364 g/mol. The SMILES string of the molecule is O=Cc1cc(C(F)(F)F)ccc1[Se]c1ccc(Cl)cc1. The quantitative estimate of drug-likeness (QED) is 0.605. The van der Waals surface area contributed by atoms with Crippen LogP contribution >= 0.6 is 11.6 Å². The molecule has 2 rings (SSSR count). The fourth-order valence-electron chi connectivity index (χ4n) is 1.54. The van der Waals surface area contributed by atoms with Crippen LogP contribution in [0.15, 0.2) is 42.5 Å². The number of hydrogen-bond donors (Lipinski definition) is 0. The molecule has 0 saturated heterocycles. The Morgan fingerprint density at radius 1 is 1.05 bits per heavy atom. The third-order valence-corrected chi connectivity index (χ3v) is 5.06. The summed E-state index contributed by atoms with van der Waals surface area (Å²) in [6.07, 6.45) is -3.98. The van der Waals surface area contributed by atoms with Gasteiger partial charge in [-0.15, -0.1) is 0 Å². The van der Waals surface area contributed by atoms with Crippen LogP contribution in [0, 0.1) is 0 Å². The van der Waals surface area contributed by atoms with Gasteiger partial charge in [0.05, 0.1) is 0 Å². The first-order valence-electron chi connectivity index (χ1n) is 5.50. The molecule has 0 unspecified atom stereocenters. The van der Waals surface area contributed by atoms with E-state index in [2.05, 4.69) is 0 Å². The summed E-state index contributed by atoms with van der Waals surface area (Å²) in [5.74, 6) is 0. The fourth-order valence-corrected chi connectivity index (χ4v) is 3.53. The molecule has 20 heavy (non-hydrogen) atoms. The normalized spacial score (nSPS) is 11.4. The van der Waals surface area contributed by atoms with Crippen LogP contribution in [0.5, 0.6) is 0 Å². The van der Waals surface area contributed by atoms with Crippen LogP contribution in [-0.2, 0) is 6.18 Å². The van der Waals surface area contributed by atoms with Crippen molar-refractivity contribution in [3.63, 3.8) is 0 Å². The van der Waals surface area contributed by atoms with E-state index in [0.717, 1.165) is 16.6 Å². The molecule has 0 aliphatic rings. The molecule has 104 valence electrons. The topological polar surface area (TPSA) is 17.1 Å². The molecule has 0 saturated carbocycles. The first-order valence-corrected chi connectivity index (χ1v) is 7.59. The minimum absolute atomic E-state index is 0.0785. The molecule has 0 N–H and O–H groups in total. The summed E-state index contributed by atoms with van der Waals surface area (Å²) in [5.41, 5.74) is -0.731. The monoisotopic (exact) mass is 364 g/mol. The summed E-state index contributed by atoms with van der Waals surface area (Å²) in [6.45, 7) is 0. The van der Waals surface area contributed by atoms with Crippen molar-refractivity contribution in [3.05, 3.63) is 58.6 Å². The van der Waals surface area contributed by atoms with Gasteiger partial charge in [0.15, 0.2) is 0 Å². The molecule has 0 aromatic heterocycles. The first-order chi connectivity index (χ1) is 9.40. The Hall–Kier alpha value is -1.29. The molecular formula is C14H8ClF3OSe. The van der Waals surface area contributed by atoms with Crippen LogP contribution < -0.4 is 8.92 Å². The van der Waals surface area contributed by atoms with Gasteiger partial charge < -0.3 is 0 Å². The van der Waals surface area contributed by atoms with E-state index in [9.17, 15) is 18.0 Å². The second kappa shape index (κ2) is 6.00. The Morgan fingerprint density at radius 3 is 2.25 bits per heavy atom. The van der Waals surface area contributed by atoms with Crippen molar-refractivity contribution in [3.8, 4) is 0 Å². The molecule has 0 atom stereocenters. The van der Waals surface area contributed by atoms with Gasteiger partial charge in [-0.05, 0) is 0 Å². The second-order valence-electron chi connectivity index (χ2n) is 3.92. The summed E-state index contributed by atoms with van der Waals surface area (Å²) >= 11 is 5.52. The molecule has 6 heteroatoms. The van der Waals surface area contributed by atoms with Crippen molar-refractivity contribution in [2.24, 2.45) is 0 Å². The summed E-state index contributed by atoms with van der Waals surface area (Å²) in [4.78, 5) is 11.0. The van der Waals surface area contributed by atoms with Gasteiger partial charge in [0.1, 0.15) is 0 Å². The van der Waals surface area contributed by atoms with Crippen molar-refractivity contribution >= 4 is 41.8 Å². The number of rotatable bonds is 3.